The quantitative estimate of drug-likeness (QED) is 0.565. The molecule has 1 amide bonds. The van der Waals surface area contributed by atoms with E-state index in [2.05, 4.69) is 12.6 Å². The second kappa shape index (κ2) is 8.68. The van der Waals surface area contributed by atoms with Gasteiger partial charge in [-0.25, -0.2) is 6.29 Å². The van der Waals surface area contributed by atoms with Crippen molar-refractivity contribution >= 4 is 24.8 Å². The van der Waals surface area contributed by atoms with Crippen LogP contribution in [0.15, 0.2) is 0 Å². The van der Waals surface area contributed by atoms with E-state index in [0.717, 1.165) is 0 Å². The average Bonchev–Trinajstić information content (AvgIpc) is 2.17. The van der Waals surface area contributed by atoms with Crippen LogP contribution < -0.4 is 0 Å². The van der Waals surface area contributed by atoms with Gasteiger partial charge in [0.1, 0.15) is 0 Å². The minimum atomic E-state index is -0.562. The molecule has 1 radical (unpaired) electrons. The van der Waals surface area contributed by atoms with Crippen molar-refractivity contribution in [3.63, 3.8) is 0 Å². The Bertz CT molecular complexity index is 214. The van der Waals surface area contributed by atoms with Crippen LogP contribution in [0.3, 0.4) is 0 Å². The van der Waals surface area contributed by atoms with E-state index in [1.54, 1.807) is 25.2 Å². The molecule has 0 aliphatic heterocycles. The van der Waals surface area contributed by atoms with Crippen molar-refractivity contribution in [1.82, 2.24) is 9.80 Å². The third-order valence-electron chi connectivity index (χ3n) is 2.26. The van der Waals surface area contributed by atoms with Crippen molar-refractivity contribution in [2.24, 2.45) is 0 Å². The zero-order valence-electron chi connectivity index (χ0n) is 9.60. The van der Waals surface area contributed by atoms with Crippen LogP contribution in [0.1, 0.15) is 6.92 Å². The van der Waals surface area contributed by atoms with Gasteiger partial charge in [0.05, 0.1) is 6.04 Å². The van der Waals surface area contributed by atoms with Crippen molar-refractivity contribution in [1.29, 1.82) is 0 Å². The molecule has 85 valence electrons. The Hall–Kier alpha value is 0.554. The molecule has 0 aliphatic carbocycles. The van der Waals surface area contributed by atoms with E-state index in [9.17, 15) is 9.59 Å². The molecule has 2 atom stereocenters. The molecule has 0 saturated carbocycles. The number of amides is 1. The summed E-state index contributed by atoms with van der Waals surface area (Å²) >= 11 is 3.98. The topological polar surface area (TPSA) is 40.6 Å². The first-order valence-electron chi connectivity index (χ1n) is 4.37. The first kappa shape index (κ1) is 17.9. The summed E-state index contributed by atoms with van der Waals surface area (Å²) in [5.41, 5.74) is 0. The smallest absolute Gasteiger partial charge is 0.237 e. The molecular formula is C9H17N2O2SY-. The van der Waals surface area contributed by atoms with Crippen LogP contribution in [0.25, 0.3) is 0 Å². The average molecular weight is 306 g/mol. The van der Waals surface area contributed by atoms with Gasteiger partial charge in [-0.05, 0) is 26.8 Å². The number of carbonyl (C=O) groups excluding carboxylic acids is 2. The fourth-order valence-electron chi connectivity index (χ4n) is 0.908. The van der Waals surface area contributed by atoms with E-state index in [1.165, 1.54) is 4.90 Å². The zero-order chi connectivity index (χ0) is 11.3. The van der Waals surface area contributed by atoms with Gasteiger partial charge in [0.2, 0.25) is 5.91 Å². The number of thiol groups is 1. The number of carbonyl (C=O) groups is 1. The Kier molecular flexibility index (Phi) is 10.4. The Morgan fingerprint density at radius 2 is 1.87 bits per heavy atom. The third kappa shape index (κ3) is 5.43. The van der Waals surface area contributed by atoms with Crippen molar-refractivity contribution in [3.8, 4) is 0 Å². The molecule has 15 heavy (non-hydrogen) atoms. The van der Waals surface area contributed by atoms with Crippen molar-refractivity contribution in [3.05, 3.63) is 0 Å². The van der Waals surface area contributed by atoms with E-state index in [-0.39, 0.29) is 44.7 Å². The van der Waals surface area contributed by atoms with Crippen LogP contribution in [0.4, 0.5) is 0 Å². The summed E-state index contributed by atoms with van der Waals surface area (Å²) in [6, 6.07) is -0.802. The molecule has 0 bridgehead atoms. The Labute approximate surface area is 122 Å². The van der Waals surface area contributed by atoms with Crippen LogP contribution >= 0.6 is 12.6 Å². The first-order valence-corrected chi connectivity index (χ1v) is 5.00. The molecule has 4 nitrogen and oxygen atoms in total. The Morgan fingerprint density at radius 1 is 1.40 bits per heavy atom. The Balaban J connectivity index is 0. The fourth-order valence-corrected chi connectivity index (χ4v) is 1.23. The summed E-state index contributed by atoms with van der Waals surface area (Å²) in [5.74, 6) is 0.198. The third-order valence-corrected chi connectivity index (χ3v) is 2.60. The minimum Gasteiger partial charge on any atom is -0.540 e. The molecule has 0 N–H and O–H groups in total. The van der Waals surface area contributed by atoms with Crippen molar-refractivity contribution in [2.45, 2.75) is 19.0 Å². The first-order chi connectivity index (χ1) is 6.45. The summed E-state index contributed by atoms with van der Waals surface area (Å²) in [5, 5.41) is 0. The van der Waals surface area contributed by atoms with Gasteiger partial charge in [-0.3, -0.25) is 9.69 Å². The molecule has 0 spiro atoms. The molecule has 0 aromatic rings. The molecule has 0 fully saturated rings. The van der Waals surface area contributed by atoms with Crippen LogP contribution in [0, 0.1) is 0 Å². The predicted molar refractivity (Wildman–Crippen MR) is 59.3 cm³/mol. The van der Waals surface area contributed by atoms with Crippen LogP contribution in [-0.4, -0.2) is 61.0 Å². The van der Waals surface area contributed by atoms with E-state index < -0.39 is 6.04 Å². The zero-order valence-corrected chi connectivity index (χ0v) is 13.3. The SMILES string of the molecule is CC(C(=O)N(C)C([C-]=O)CS)N(C)C.[Y]. The van der Waals surface area contributed by atoms with E-state index >= 15 is 0 Å². The Morgan fingerprint density at radius 3 is 2.13 bits per heavy atom. The van der Waals surface area contributed by atoms with Gasteiger partial charge in [-0.2, -0.15) is 12.6 Å². The number of hydrogen-bond acceptors (Lipinski definition) is 4. The van der Waals surface area contributed by atoms with E-state index in [0.29, 0.717) is 5.75 Å². The maximum absolute atomic E-state index is 11.7. The number of nitrogens with zero attached hydrogens (tertiary/aromatic N) is 2. The second-order valence-electron chi connectivity index (χ2n) is 3.40. The van der Waals surface area contributed by atoms with Gasteiger partial charge in [0.25, 0.3) is 0 Å². The van der Waals surface area contributed by atoms with E-state index in [1.807, 2.05) is 14.1 Å². The molecule has 6 heteroatoms. The standard InChI is InChI=1S/C9H17N2O2S.Y/c1-7(10(2)3)9(13)11(4)8(5-12)6-14;/h7-8,14H,6H2,1-4H3;/q-1;. The predicted octanol–water partition coefficient (Wildman–Crippen LogP) is -0.200. The van der Waals surface area contributed by atoms with Gasteiger partial charge in [0, 0.05) is 39.8 Å². The van der Waals surface area contributed by atoms with Gasteiger partial charge >= 0.3 is 0 Å². The van der Waals surface area contributed by atoms with Crippen LogP contribution in [-0.2, 0) is 42.3 Å². The molecular weight excluding hydrogens is 289 g/mol. The maximum Gasteiger partial charge on any atom is 0.237 e. The molecule has 0 aromatic carbocycles. The van der Waals surface area contributed by atoms with Gasteiger partial charge in [-0.1, -0.05) is 6.04 Å². The number of hydrogen-bond donors (Lipinski definition) is 1. The fraction of sp³-hybridized carbons (Fsp3) is 0.778. The number of rotatable bonds is 5. The molecule has 0 aliphatic rings. The summed E-state index contributed by atoms with van der Waals surface area (Å²) in [7, 11) is 5.22. The summed E-state index contributed by atoms with van der Waals surface area (Å²) in [6.07, 6.45) is 1.79. The summed E-state index contributed by atoms with van der Waals surface area (Å²) in [4.78, 5) is 25.4. The van der Waals surface area contributed by atoms with Gasteiger partial charge in [0.15, 0.2) is 0 Å². The normalized spacial score (nSPS) is 14.0. The van der Waals surface area contributed by atoms with Crippen LogP contribution in [0.2, 0.25) is 0 Å². The molecule has 0 aromatic heterocycles. The maximum atomic E-state index is 11.7. The summed E-state index contributed by atoms with van der Waals surface area (Å²) in [6.45, 7) is 1.79. The van der Waals surface area contributed by atoms with Crippen molar-refractivity contribution < 1.29 is 42.3 Å². The van der Waals surface area contributed by atoms with Crippen LogP contribution in [0.5, 0.6) is 0 Å². The largest absolute Gasteiger partial charge is 0.540 e. The van der Waals surface area contributed by atoms with Crippen molar-refractivity contribution in [2.75, 3.05) is 26.9 Å². The minimum absolute atomic E-state index is 0. The van der Waals surface area contributed by atoms with Gasteiger partial charge in [-0.15, -0.1) is 0 Å². The monoisotopic (exact) mass is 306 g/mol. The molecule has 0 heterocycles. The van der Waals surface area contributed by atoms with Gasteiger partial charge < -0.3 is 9.69 Å². The second-order valence-corrected chi connectivity index (χ2v) is 3.77. The summed E-state index contributed by atoms with van der Waals surface area (Å²) < 4.78 is 0. The molecule has 0 rings (SSSR count). The van der Waals surface area contributed by atoms with E-state index in [4.69, 9.17) is 0 Å². The molecule has 0 saturated heterocycles. The number of likely N-dealkylation sites (N-methyl/N-ethyl adjacent to an activating group) is 2. The molecule has 2 unspecified atom stereocenters.